The van der Waals surface area contributed by atoms with Crippen molar-refractivity contribution in [3.8, 4) is 0 Å². The van der Waals surface area contributed by atoms with Gasteiger partial charge in [-0.1, -0.05) is 24.3 Å². The van der Waals surface area contributed by atoms with Gasteiger partial charge in [0.2, 0.25) is 11.8 Å². The van der Waals surface area contributed by atoms with Crippen LogP contribution in [0.15, 0.2) is 36.4 Å². The highest BCUT2D eigenvalue weighted by Crippen LogP contribution is 2.65. The van der Waals surface area contributed by atoms with Gasteiger partial charge >= 0.3 is 12.1 Å². The molecule has 31 heavy (non-hydrogen) atoms. The number of amides is 3. The molecule has 6 rings (SSSR count). The number of halogens is 3. The van der Waals surface area contributed by atoms with Crippen molar-refractivity contribution >= 4 is 29.2 Å². The van der Waals surface area contributed by atoms with Gasteiger partial charge < -0.3 is 0 Å². The standard InChI is InChI=1S/C22H19F3N2O4/c1-10(28)11-3-2-4-12(7-11)26(21(31)22(23,24)25)9-27-19(29)17-13-5-6-14(16-8-15(13)16)18(17)20(27)30/h2-7,13-18H,8-9H2,1H3. The van der Waals surface area contributed by atoms with E-state index >= 15 is 0 Å². The van der Waals surface area contributed by atoms with Crippen LogP contribution >= 0.6 is 0 Å². The zero-order valence-corrected chi connectivity index (χ0v) is 16.5. The maximum atomic E-state index is 13.3. The van der Waals surface area contributed by atoms with Crippen LogP contribution in [0.1, 0.15) is 23.7 Å². The fraction of sp³-hybridized carbons (Fsp3) is 0.455. The zero-order valence-electron chi connectivity index (χ0n) is 16.5. The maximum Gasteiger partial charge on any atom is 0.471 e. The first-order valence-corrected chi connectivity index (χ1v) is 10.1. The molecule has 3 fully saturated rings. The number of allylic oxidation sites excluding steroid dienone is 2. The van der Waals surface area contributed by atoms with Gasteiger partial charge in [0.15, 0.2) is 5.78 Å². The number of nitrogens with zero attached hydrogens (tertiary/aromatic N) is 2. The molecule has 0 aromatic heterocycles. The molecule has 0 N–H and O–H groups in total. The lowest BCUT2D eigenvalue weighted by Crippen LogP contribution is -2.49. The number of carbonyl (C=O) groups excluding carboxylic acids is 4. The summed E-state index contributed by atoms with van der Waals surface area (Å²) in [4.78, 5) is 51.3. The Morgan fingerprint density at radius 1 is 1.06 bits per heavy atom. The molecule has 0 spiro atoms. The molecule has 0 radical (unpaired) electrons. The molecule has 1 heterocycles. The topological polar surface area (TPSA) is 74.8 Å². The molecule has 9 heteroatoms. The lowest BCUT2D eigenvalue weighted by molar-refractivity contribution is -0.171. The molecule has 3 amide bonds. The molecule has 6 unspecified atom stereocenters. The van der Waals surface area contributed by atoms with Gasteiger partial charge in [-0.25, -0.2) is 0 Å². The minimum absolute atomic E-state index is 0.0748. The number of likely N-dealkylation sites (tertiary alicyclic amines) is 1. The Morgan fingerprint density at radius 3 is 2.16 bits per heavy atom. The SMILES string of the molecule is CC(=O)c1cccc(N(CN2C(=O)C3C4C=CC(C5CC45)C3C2=O)C(=O)C(F)(F)F)c1. The largest absolute Gasteiger partial charge is 0.471 e. The van der Waals surface area contributed by atoms with Crippen molar-refractivity contribution in [3.63, 3.8) is 0 Å². The number of Topliss-reactive ketones (excluding diaryl/α,β-unsaturated/α-hetero) is 1. The van der Waals surface area contributed by atoms with Gasteiger partial charge in [0.05, 0.1) is 11.8 Å². The lowest BCUT2D eigenvalue weighted by Gasteiger charge is -2.37. The smallest absolute Gasteiger partial charge is 0.295 e. The van der Waals surface area contributed by atoms with E-state index in [4.69, 9.17) is 0 Å². The predicted octanol–water partition coefficient (Wildman–Crippen LogP) is 2.80. The van der Waals surface area contributed by atoms with Crippen molar-refractivity contribution in [1.82, 2.24) is 4.90 Å². The molecule has 2 saturated carbocycles. The third kappa shape index (κ3) is 2.93. The molecule has 1 aromatic rings. The Labute approximate surface area is 175 Å². The molecule has 162 valence electrons. The van der Waals surface area contributed by atoms with Crippen molar-refractivity contribution in [2.24, 2.45) is 35.5 Å². The Balaban J connectivity index is 1.48. The summed E-state index contributed by atoms with van der Waals surface area (Å²) in [5.74, 6) is -4.22. The number of benzene rings is 1. The van der Waals surface area contributed by atoms with Crippen molar-refractivity contribution in [3.05, 3.63) is 42.0 Å². The van der Waals surface area contributed by atoms with Crippen LogP contribution in [0.4, 0.5) is 18.9 Å². The minimum Gasteiger partial charge on any atom is -0.295 e. The second-order valence-electron chi connectivity index (χ2n) is 8.74. The quantitative estimate of drug-likeness (QED) is 0.417. The fourth-order valence-corrected chi connectivity index (χ4v) is 5.61. The average molecular weight is 432 g/mol. The summed E-state index contributed by atoms with van der Waals surface area (Å²) in [6, 6.07) is 5.17. The minimum atomic E-state index is -5.22. The van der Waals surface area contributed by atoms with Gasteiger partial charge in [-0.3, -0.25) is 29.0 Å². The van der Waals surface area contributed by atoms with Crippen molar-refractivity contribution in [2.45, 2.75) is 19.5 Å². The normalized spacial score (nSPS) is 32.7. The Bertz CT molecular complexity index is 1010. The molecule has 5 aliphatic rings. The number of ketones is 1. The van der Waals surface area contributed by atoms with Crippen LogP contribution in [0, 0.1) is 35.5 Å². The van der Waals surface area contributed by atoms with Gasteiger partial charge in [0, 0.05) is 11.3 Å². The molecule has 6 atom stereocenters. The molecular weight excluding hydrogens is 413 g/mol. The summed E-state index contributed by atoms with van der Waals surface area (Å²) in [5.41, 5.74) is -0.0815. The summed E-state index contributed by atoms with van der Waals surface area (Å²) in [6.07, 6.45) is -0.327. The first-order chi connectivity index (χ1) is 14.6. The Kier molecular flexibility index (Phi) is 4.19. The molecule has 6 nitrogen and oxygen atoms in total. The Hall–Kier alpha value is -2.97. The van der Waals surface area contributed by atoms with Crippen LogP contribution in [0.3, 0.4) is 0 Å². The maximum absolute atomic E-state index is 13.3. The molecule has 1 aliphatic heterocycles. The number of anilines is 1. The van der Waals surface area contributed by atoms with E-state index < -0.39 is 42.4 Å². The third-order valence-corrected chi connectivity index (χ3v) is 7.09. The lowest BCUT2D eigenvalue weighted by atomic mass is 9.63. The molecule has 1 aromatic carbocycles. The number of carbonyl (C=O) groups is 4. The number of alkyl halides is 3. The van der Waals surface area contributed by atoms with E-state index in [0.717, 1.165) is 17.4 Å². The summed E-state index contributed by atoms with van der Waals surface area (Å²) >= 11 is 0. The number of hydrogen-bond acceptors (Lipinski definition) is 4. The first kappa shape index (κ1) is 20.0. The van der Waals surface area contributed by atoms with Crippen LogP contribution < -0.4 is 4.90 Å². The summed E-state index contributed by atoms with van der Waals surface area (Å²) in [6.45, 7) is 0.417. The number of imide groups is 1. The fourth-order valence-electron chi connectivity index (χ4n) is 5.61. The van der Waals surface area contributed by atoms with Gasteiger partial charge in [-0.05, 0) is 49.1 Å². The van der Waals surface area contributed by atoms with Gasteiger partial charge in [0.1, 0.15) is 6.67 Å². The second-order valence-corrected chi connectivity index (χ2v) is 8.74. The van der Waals surface area contributed by atoms with E-state index in [0.29, 0.717) is 16.7 Å². The van der Waals surface area contributed by atoms with E-state index in [1.807, 2.05) is 12.2 Å². The van der Waals surface area contributed by atoms with Crippen LogP contribution in [-0.2, 0) is 14.4 Å². The predicted molar refractivity (Wildman–Crippen MR) is 101 cm³/mol. The highest BCUT2D eigenvalue weighted by atomic mass is 19.4. The average Bonchev–Trinajstić information content (AvgIpc) is 3.51. The summed E-state index contributed by atoms with van der Waals surface area (Å²) in [7, 11) is 0. The summed E-state index contributed by atoms with van der Waals surface area (Å²) < 4.78 is 40.0. The third-order valence-electron chi connectivity index (χ3n) is 7.09. The Morgan fingerprint density at radius 2 is 1.65 bits per heavy atom. The van der Waals surface area contributed by atoms with E-state index in [9.17, 15) is 32.3 Å². The zero-order chi connectivity index (χ0) is 22.2. The molecule has 4 aliphatic carbocycles. The number of hydrogen-bond donors (Lipinski definition) is 0. The first-order valence-electron chi connectivity index (χ1n) is 10.1. The van der Waals surface area contributed by atoms with Crippen LogP contribution in [0.25, 0.3) is 0 Å². The van der Waals surface area contributed by atoms with E-state index in [1.165, 1.54) is 25.1 Å². The van der Waals surface area contributed by atoms with Gasteiger partial charge in [-0.15, -0.1) is 0 Å². The highest BCUT2D eigenvalue weighted by Gasteiger charge is 2.67. The monoisotopic (exact) mass is 432 g/mol. The van der Waals surface area contributed by atoms with Crippen molar-refractivity contribution < 1.29 is 32.3 Å². The van der Waals surface area contributed by atoms with Gasteiger partial charge in [-0.2, -0.15) is 13.2 Å². The van der Waals surface area contributed by atoms with Crippen molar-refractivity contribution in [1.29, 1.82) is 0 Å². The van der Waals surface area contributed by atoms with E-state index in [1.54, 1.807) is 0 Å². The van der Waals surface area contributed by atoms with Gasteiger partial charge in [0.25, 0.3) is 0 Å². The van der Waals surface area contributed by atoms with E-state index in [2.05, 4.69) is 0 Å². The van der Waals surface area contributed by atoms with E-state index in [-0.39, 0.29) is 28.9 Å². The van der Waals surface area contributed by atoms with Crippen LogP contribution in [0.2, 0.25) is 0 Å². The molecule has 2 bridgehead atoms. The second kappa shape index (κ2) is 6.51. The summed E-state index contributed by atoms with van der Waals surface area (Å²) in [5, 5.41) is 0. The molecule has 1 saturated heterocycles. The van der Waals surface area contributed by atoms with Crippen LogP contribution in [0.5, 0.6) is 0 Å². The highest BCUT2D eigenvalue weighted by molar-refractivity contribution is 6.08. The van der Waals surface area contributed by atoms with Crippen LogP contribution in [-0.4, -0.2) is 41.2 Å². The molecular formula is C22H19F3N2O4. The van der Waals surface area contributed by atoms with Crippen molar-refractivity contribution in [2.75, 3.05) is 11.6 Å². The number of rotatable bonds is 4.